The van der Waals surface area contributed by atoms with Crippen LogP contribution in [0.5, 0.6) is 0 Å². The smallest absolute Gasteiger partial charge is 0.248 e. The van der Waals surface area contributed by atoms with Gasteiger partial charge in [0.2, 0.25) is 23.2 Å². The molecule has 3 heterocycles. The van der Waals surface area contributed by atoms with Crippen LogP contribution >= 0.6 is 0 Å². The molecule has 23 heavy (non-hydrogen) atoms. The first-order chi connectivity index (χ1) is 10.9. The fraction of sp³-hybridized carbons (Fsp3) is 0.385. The summed E-state index contributed by atoms with van der Waals surface area (Å²) >= 11 is 0. The van der Waals surface area contributed by atoms with Gasteiger partial charge in [0.05, 0.1) is 24.0 Å². The van der Waals surface area contributed by atoms with Gasteiger partial charge in [0.1, 0.15) is 0 Å². The Kier molecular flexibility index (Phi) is 3.99. The molecule has 1 fully saturated rings. The molecule has 0 bridgehead atoms. The number of amides is 1. The molecule has 10 heteroatoms. The van der Waals surface area contributed by atoms with Crippen molar-refractivity contribution in [2.45, 2.75) is 13.0 Å². The Bertz CT molecular complexity index is 886. The molecule has 1 aliphatic heterocycles. The maximum atomic E-state index is 11.9. The first-order valence-corrected chi connectivity index (χ1v) is 8.75. The van der Waals surface area contributed by atoms with Crippen LogP contribution in [0.15, 0.2) is 27.6 Å². The predicted molar refractivity (Wildman–Crippen MR) is 79.0 cm³/mol. The van der Waals surface area contributed by atoms with Crippen molar-refractivity contribution in [1.29, 1.82) is 0 Å². The SMILES string of the molecule is O=C(NCc1nc(-c2cc[nH]c(=O)c2)no1)[C@H]1CCS(=O)(=O)C1. The number of sulfone groups is 1. The molecule has 1 aliphatic rings. The first kappa shape index (κ1) is 15.4. The number of nitrogens with zero attached hydrogens (tertiary/aromatic N) is 2. The zero-order chi connectivity index (χ0) is 16.4. The van der Waals surface area contributed by atoms with Gasteiger partial charge in [0.15, 0.2) is 9.84 Å². The maximum absolute atomic E-state index is 11.9. The molecular weight excluding hydrogens is 324 g/mol. The Balaban J connectivity index is 1.62. The van der Waals surface area contributed by atoms with E-state index in [1.165, 1.54) is 12.3 Å². The highest BCUT2D eigenvalue weighted by atomic mass is 32.2. The zero-order valence-corrected chi connectivity index (χ0v) is 12.8. The molecule has 122 valence electrons. The summed E-state index contributed by atoms with van der Waals surface area (Å²) in [4.78, 5) is 29.7. The average molecular weight is 338 g/mol. The van der Waals surface area contributed by atoms with Crippen LogP contribution < -0.4 is 10.9 Å². The lowest BCUT2D eigenvalue weighted by Crippen LogP contribution is -2.31. The van der Waals surface area contributed by atoms with Crippen LogP contribution in [-0.4, -0.2) is 41.0 Å². The summed E-state index contributed by atoms with van der Waals surface area (Å²) in [5, 5.41) is 6.33. The van der Waals surface area contributed by atoms with Crippen LogP contribution in [0.2, 0.25) is 0 Å². The van der Waals surface area contributed by atoms with E-state index in [2.05, 4.69) is 20.4 Å². The van der Waals surface area contributed by atoms with Gasteiger partial charge in [0.25, 0.3) is 0 Å². The van der Waals surface area contributed by atoms with Crippen LogP contribution in [0.25, 0.3) is 11.4 Å². The normalized spacial score (nSPS) is 19.6. The van der Waals surface area contributed by atoms with Crippen LogP contribution in [0.1, 0.15) is 12.3 Å². The van der Waals surface area contributed by atoms with Gasteiger partial charge in [0, 0.05) is 17.8 Å². The third-order valence-electron chi connectivity index (χ3n) is 3.52. The van der Waals surface area contributed by atoms with Gasteiger partial charge in [-0.25, -0.2) is 8.42 Å². The quantitative estimate of drug-likeness (QED) is 0.765. The van der Waals surface area contributed by atoms with E-state index in [9.17, 15) is 18.0 Å². The monoisotopic (exact) mass is 338 g/mol. The summed E-state index contributed by atoms with van der Waals surface area (Å²) in [6.07, 6.45) is 1.80. The third kappa shape index (κ3) is 3.65. The molecule has 0 saturated carbocycles. The lowest BCUT2D eigenvalue weighted by Gasteiger charge is -2.06. The molecule has 1 amide bonds. The molecule has 0 aromatic carbocycles. The second kappa shape index (κ2) is 5.95. The Morgan fingerprint density at radius 2 is 2.30 bits per heavy atom. The van der Waals surface area contributed by atoms with E-state index in [1.54, 1.807) is 6.07 Å². The number of H-pyrrole nitrogens is 1. The molecule has 2 aromatic rings. The fourth-order valence-corrected chi connectivity index (χ4v) is 4.08. The van der Waals surface area contributed by atoms with E-state index >= 15 is 0 Å². The van der Waals surface area contributed by atoms with Crippen molar-refractivity contribution < 1.29 is 17.7 Å². The standard InChI is InChI=1S/C13H14N4O5S/c18-10-5-8(1-3-14-10)12-16-11(22-17-12)6-15-13(19)9-2-4-23(20,21)7-9/h1,3,5,9H,2,4,6-7H2,(H,14,18)(H,15,19)/t9-/m0/s1. The van der Waals surface area contributed by atoms with Gasteiger partial charge in [-0.1, -0.05) is 5.16 Å². The number of aromatic nitrogens is 3. The zero-order valence-electron chi connectivity index (χ0n) is 12.0. The number of rotatable bonds is 4. The van der Waals surface area contributed by atoms with E-state index in [0.717, 1.165) is 0 Å². The second-order valence-corrected chi connectivity index (χ2v) is 7.50. The number of hydrogen-bond acceptors (Lipinski definition) is 7. The van der Waals surface area contributed by atoms with E-state index in [0.29, 0.717) is 12.0 Å². The van der Waals surface area contributed by atoms with Gasteiger partial charge in [-0.3, -0.25) is 9.59 Å². The molecule has 3 rings (SSSR count). The van der Waals surface area contributed by atoms with E-state index in [4.69, 9.17) is 4.52 Å². The summed E-state index contributed by atoms with van der Waals surface area (Å²) in [6.45, 7) is 0.00553. The molecule has 9 nitrogen and oxygen atoms in total. The third-order valence-corrected chi connectivity index (χ3v) is 5.29. The number of aromatic amines is 1. The Morgan fingerprint density at radius 3 is 3.00 bits per heavy atom. The van der Waals surface area contributed by atoms with Crippen molar-refractivity contribution in [2.24, 2.45) is 5.92 Å². The maximum Gasteiger partial charge on any atom is 0.248 e. The van der Waals surface area contributed by atoms with E-state index in [1.807, 2.05) is 0 Å². The first-order valence-electron chi connectivity index (χ1n) is 6.93. The lowest BCUT2D eigenvalue weighted by molar-refractivity contribution is -0.124. The second-order valence-electron chi connectivity index (χ2n) is 5.27. The fourth-order valence-electron chi connectivity index (χ4n) is 2.34. The van der Waals surface area contributed by atoms with Crippen molar-refractivity contribution in [1.82, 2.24) is 20.4 Å². The van der Waals surface area contributed by atoms with Crippen molar-refractivity contribution in [3.63, 3.8) is 0 Å². The van der Waals surface area contributed by atoms with E-state index < -0.39 is 15.8 Å². The van der Waals surface area contributed by atoms with Crippen molar-refractivity contribution in [3.8, 4) is 11.4 Å². The summed E-state index contributed by atoms with van der Waals surface area (Å²) in [6, 6.07) is 2.95. The van der Waals surface area contributed by atoms with Crippen LogP contribution in [0.4, 0.5) is 0 Å². The minimum Gasteiger partial charge on any atom is -0.347 e. The molecule has 1 atom stereocenters. The summed E-state index contributed by atoms with van der Waals surface area (Å²) in [5.74, 6) is -0.547. The molecule has 2 aromatic heterocycles. The van der Waals surface area contributed by atoms with Crippen molar-refractivity contribution >= 4 is 15.7 Å². The number of carbonyl (C=O) groups excluding carboxylic acids is 1. The Labute approximate surface area is 131 Å². The number of nitrogens with one attached hydrogen (secondary N) is 2. The highest BCUT2D eigenvalue weighted by Gasteiger charge is 2.32. The highest BCUT2D eigenvalue weighted by Crippen LogP contribution is 2.18. The topological polar surface area (TPSA) is 135 Å². The molecule has 0 aliphatic carbocycles. The molecule has 2 N–H and O–H groups in total. The number of carbonyl (C=O) groups is 1. The minimum absolute atomic E-state index is 0.00553. The van der Waals surface area contributed by atoms with Crippen molar-refractivity contribution in [3.05, 3.63) is 34.6 Å². The van der Waals surface area contributed by atoms with Crippen LogP contribution in [-0.2, 0) is 21.2 Å². The molecule has 0 spiro atoms. The summed E-state index contributed by atoms with van der Waals surface area (Å²) in [5.41, 5.74) is 0.210. The Hall–Kier alpha value is -2.49. The lowest BCUT2D eigenvalue weighted by atomic mass is 10.1. The largest absolute Gasteiger partial charge is 0.347 e. The minimum atomic E-state index is -3.10. The Morgan fingerprint density at radius 1 is 1.48 bits per heavy atom. The van der Waals surface area contributed by atoms with Crippen LogP contribution in [0, 0.1) is 5.92 Å². The van der Waals surface area contributed by atoms with Gasteiger partial charge >= 0.3 is 0 Å². The van der Waals surface area contributed by atoms with Gasteiger partial charge < -0.3 is 14.8 Å². The molecule has 0 radical (unpaired) electrons. The summed E-state index contributed by atoms with van der Waals surface area (Å²) < 4.78 is 27.7. The average Bonchev–Trinajstić information content (AvgIpc) is 3.11. The van der Waals surface area contributed by atoms with Crippen molar-refractivity contribution in [2.75, 3.05) is 11.5 Å². The van der Waals surface area contributed by atoms with E-state index in [-0.39, 0.29) is 41.2 Å². The van der Waals surface area contributed by atoms with Gasteiger partial charge in [-0.15, -0.1) is 0 Å². The number of pyridine rings is 1. The summed E-state index contributed by atoms with van der Waals surface area (Å²) in [7, 11) is -3.10. The van der Waals surface area contributed by atoms with Crippen LogP contribution in [0.3, 0.4) is 0 Å². The molecule has 1 saturated heterocycles. The highest BCUT2D eigenvalue weighted by molar-refractivity contribution is 7.91. The number of hydrogen-bond donors (Lipinski definition) is 2. The molecule has 0 unspecified atom stereocenters. The van der Waals surface area contributed by atoms with Gasteiger partial charge in [-0.05, 0) is 12.5 Å². The van der Waals surface area contributed by atoms with Gasteiger partial charge in [-0.2, -0.15) is 4.98 Å². The predicted octanol–water partition coefficient (Wildman–Crippen LogP) is -0.524. The molecular formula is C13H14N4O5S.